The van der Waals surface area contributed by atoms with Gasteiger partial charge in [-0.25, -0.2) is 5.43 Å². The van der Waals surface area contributed by atoms with Crippen molar-refractivity contribution in [2.75, 3.05) is 0 Å². The number of hydrazone groups is 1. The lowest BCUT2D eigenvalue weighted by Crippen LogP contribution is -2.17. The van der Waals surface area contributed by atoms with Gasteiger partial charge in [-0.05, 0) is 58.5 Å². The topological polar surface area (TPSA) is 70.1 Å². The number of aromatic amines is 1. The van der Waals surface area contributed by atoms with E-state index in [1.54, 1.807) is 12.3 Å². The van der Waals surface area contributed by atoms with Crippen LogP contribution in [-0.2, 0) is 12.8 Å². The second-order valence-corrected chi connectivity index (χ2v) is 7.95. The summed E-state index contributed by atoms with van der Waals surface area (Å²) in [5.74, 6) is -0.332. The molecule has 0 atom stereocenters. The van der Waals surface area contributed by atoms with Crippen molar-refractivity contribution < 1.29 is 4.79 Å². The maximum atomic E-state index is 12.4. The molecular weight excluding hydrogens is 428 g/mol. The monoisotopic (exact) mass is 444 g/mol. The molecule has 1 heterocycles. The average Bonchev–Trinajstić information content (AvgIpc) is 3.37. The van der Waals surface area contributed by atoms with E-state index in [4.69, 9.17) is 0 Å². The molecule has 0 spiro atoms. The average molecular weight is 445 g/mol. The Balaban J connectivity index is 1.39. The molecule has 1 aliphatic rings. The van der Waals surface area contributed by atoms with Gasteiger partial charge in [0.1, 0.15) is 5.69 Å². The van der Waals surface area contributed by atoms with Crippen LogP contribution < -0.4 is 5.43 Å². The Kier molecular flexibility index (Phi) is 4.48. The highest BCUT2D eigenvalue weighted by atomic mass is 79.9. The summed E-state index contributed by atoms with van der Waals surface area (Å²) in [4.78, 5) is 12.4. The molecule has 0 unspecified atom stereocenters. The Hall–Kier alpha value is -3.25. The summed E-state index contributed by atoms with van der Waals surface area (Å²) in [6, 6.07) is 20.1. The van der Waals surface area contributed by atoms with Gasteiger partial charge < -0.3 is 0 Å². The van der Waals surface area contributed by atoms with Crippen molar-refractivity contribution in [2.24, 2.45) is 5.10 Å². The summed E-state index contributed by atoms with van der Waals surface area (Å²) < 4.78 is 0.955. The molecular formula is C23H17BrN4O. The zero-order valence-corrected chi connectivity index (χ0v) is 17.0. The van der Waals surface area contributed by atoms with Crippen LogP contribution in [0, 0.1) is 0 Å². The Morgan fingerprint density at radius 1 is 1.07 bits per heavy atom. The lowest BCUT2D eigenvalue weighted by atomic mass is 9.98. The minimum atomic E-state index is -0.332. The van der Waals surface area contributed by atoms with E-state index in [2.05, 4.69) is 67.0 Å². The molecule has 1 aromatic heterocycles. The molecule has 2 N–H and O–H groups in total. The van der Waals surface area contributed by atoms with Gasteiger partial charge in [0.05, 0.1) is 11.9 Å². The summed E-state index contributed by atoms with van der Waals surface area (Å²) in [5.41, 5.74) is 8.35. The van der Waals surface area contributed by atoms with E-state index in [1.165, 1.54) is 21.9 Å². The van der Waals surface area contributed by atoms with Crippen molar-refractivity contribution in [3.63, 3.8) is 0 Å². The van der Waals surface area contributed by atoms with Crippen LogP contribution in [0.25, 0.3) is 22.0 Å². The van der Waals surface area contributed by atoms with Gasteiger partial charge in [-0.1, -0.05) is 58.4 Å². The molecule has 5 rings (SSSR count). The first-order valence-corrected chi connectivity index (χ1v) is 10.2. The summed E-state index contributed by atoms with van der Waals surface area (Å²) in [6.07, 6.45) is 3.77. The summed E-state index contributed by atoms with van der Waals surface area (Å²) in [7, 11) is 0. The number of aryl methyl sites for hydroxylation is 2. The van der Waals surface area contributed by atoms with Crippen LogP contribution in [0.4, 0.5) is 0 Å². The number of rotatable bonds is 4. The van der Waals surface area contributed by atoms with E-state index in [-0.39, 0.29) is 5.91 Å². The Labute approximate surface area is 176 Å². The van der Waals surface area contributed by atoms with Gasteiger partial charge in [-0.15, -0.1) is 0 Å². The molecule has 0 fully saturated rings. The quantitative estimate of drug-likeness (QED) is 0.348. The van der Waals surface area contributed by atoms with Gasteiger partial charge in [-0.2, -0.15) is 10.2 Å². The molecule has 0 radical (unpaired) electrons. The SMILES string of the molecule is O=C(NN=Cc1cccc(Br)c1)c1cc(-c2ccc3c4c(cccc24)CC3)n[nH]1. The fourth-order valence-electron chi connectivity index (χ4n) is 3.86. The number of hydrogen-bond donors (Lipinski definition) is 2. The molecule has 0 saturated heterocycles. The highest BCUT2D eigenvalue weighted by Crippen LogP contribution is 2.36. The third kappa shape index (κ3) is 3.36. The Morgan fingerprint density at radius 3 is 2.76 bits per heavy atom. The molecule has 0 aliphatic heterocycles. The van der Waals surface area contributed by atoms with Gasteiger partial charge >= 0.3 is 0 Å². The van der Waals surface area contributed by atoms with Crippen LogP contribution in [0.2, 0.25) is 0 Å². The van der Waals surface area contributed by atoms with Crippen LogP contribution >= 0.6 is 15.9 Å². The first-order valence-electron chi connectivity index (χ1n) is 9.37. The third-order valence-corrected chi connectivity index (χ3v) is 5.70. The van der Waals surface area contributed by atoms with Crippen molar-refractivity contribution in [3.8, 4) is 11.3 Å². The van der Waals surface area contributed by atoms with Crippen LogP contribution in [-0.4, -0.2) is 22.3 Å². The minimum absolute atomic E-state index is 0.332. The normalized spacial score (nSPS) is 12.7. The first-order chi connectivity index (χ1) is 14.2. The highest BCUT2D eigenvalue weighted by Gasteiger charge is 2.18. The molecule has 5 nitrogen and oxygen atoms in total. The smallest absolute Gasteiger partial charge is 0.272 e. The minimum Gasteiger partial charge on any atom is -0.272 e. The number of nitrogens with one attached hydrogen (secondary N) is 2. The lowest BCUT2D eigenvalue weighted by Gasteiger charge is -2.06. The summed E-state index contributed by atoms with van der Waals surface area (Å²) >= 11 is 3.41. The van der Waals surface area contributed by atoms with E-state index < -0.39 is 0 Å². The highest BCUT2D eigenvalue weighted by molar-refractivity contribution is 9.10. The Bertz CT molecular complexity index is 1260. The molecule has 6 heteroatoms. The van der Waals surface area contributed by atoms with Crippen molar-refractivity contribution in [2.45, 2.75) is 12.8 Å². The molecule has 4 aromatic rings. The maximum absolute atomic E-state index is 12.4. The van der Waals surface area contributed by atoms with Gasteiger partial charge in [0.15, 0.2) is 0 Å². The third-order valence-electron chi connectivity index (χ3n) is 5.20. The predicted molar refractivity (Wildman–Crippen MR) is 118 cm³/mol. The summed E-state index contributed by atoms with van der Waals surface area (Å²) in [6.45, 7) is 0. The molecule has 0 bridgehead atoms. The van der Waals surface area contributed by atoms with E-state index in [9.17, 15) is 4.79 Å². The zero-order chi connectivity index (χ0) is 19.8. The van der Waals surface area contributed by atoms with Crippen LogP contribution in [0.3, 0.4) is 0 Å². The number of carbonyl (C=O) groups is 1. The van der Waals surface area contributed by atoms with E-state index in [0.717, 1.165) is 34.1 Å². The summed E-state index contributed by atoms with van der Waals surface area (Å²) in [5, 5.41) is 13.7. The van der Waals surface area contributed by atoms with Crippen molar-refractivity contribution in [1.82, 2.24) is 15.6 Å². The van der Waals surface area contributed by atoms with Crippen LogP contribution in [0.1, 0.15) is 27.2 Å². The number of carbonyl (C=O) groups excluding carboxylic acids is 1. The van der Waals surface area contributed by atoms with Gasteiger partial charge in [0.25, 0.3) is 5.91 Å². The molecule has 142 valence electrons. The predicted octanol–water partition coefficient (Wildman–Crippen LogP) is 4.85. The Morgan fingerprint density at radius 2 is 1.90 bits per heavy atom. The van der Waals surface area contributed by atoms with E-state index in [1.807, 2.05) is 24.3 Å². The van der Waals surface area contributed by atoms with Crippen LogP contribution in [0.15, 0.2) is 70.2 Å². The number of hydrogen-bond acceptors (Lipinski definition) is 3. The van der Waals surface area contributed by atoms with Crippen molar-refractivity contribution in [3.05, 3.63) is 87.5 Å². The van der Waals surface area contributed by atoms with Crippen molar-refractivity contribution in [1.29, 1.82) is 0 Å². The van der Waals surface area contributed by atoms with E-state index in [0.29, 0.717) is 5.69 Å². The zero-order valence-electron chi connectivity index (χ0n) is 15.4. The number of halogens is 1. The number of benzene rings is 3. The van der Waals surface area contributed by atoms with E-state index >= 15 is 0 Å². The van der Waals surface area contributed by atoms with Gasteiger partial charge in [0, 0.05) is 10.0 Å². The lowest BCUT2D eigenvalue weighted by molar-refractivity contribution is 0.0950. The molecule has 29 heavy (non-hydrogen) atoms. The number of aromatic nitrogens is 2. The second-order valence-electron chi connectivity index (χ2n) is 7.03. The number of H-pyrrole nitrogens is 1. The fourth-order valence-corrected chi connectivity index (χ4v) is 4.28. The molecule has 0 saturated carbocycles. The van der Waals surface area contributed by atoms with Gasteiger partial charge in [0.2, 0.25) is 0 Å². The van der Waals surface area contributed by atoms with Crippen LogP contribution in [0.5, 0.6) is 0 Å². The standard InChI is InChI=1S/C23H17BrN4O/c24-17-5-1-3-14(11-17)13-25-28-23(29)21-12-20(26-27-21)18-10-9-16-8-7-15-4-2-6-19(18)22(15)16/h1-6,9-13H,7-8H2,(H,26,27)(H,28,29). The molecule has 1 aliphatic carbocycles. The maximum Gasteiger partial charge on any atom is 0.289 e. The second kappa shape index (κ2) is 7.29. The molecule has 1 amide bonds. The van der Waals surface area contributed by atoms with Gasteiger partial charge in [-0.3, -0.25) is 9.89 Å². The number of amides is 1. The largest absolute Gasteiger partial charge is 0.289 e. The van der Waals surface area contributed by atoms with Crippen molar-refractivity contribution >= 4 is 38.8 Å². The fraction of sp³-hybridized carbons (Fsp3) is 0.0870. The molecule has 3 aromatic carbocycles. The first kappa shape index (κ1) is 17.8. The number of nitrogens with zero attached hydrogens (tertiary/aromatic N) is 2.